The van der Waals surface area contributed by atoms with Gasteiger partial charge in [0.1, 0.15) is 6.04 Å². The van der Waals surface area contributed by atoms with Crippen LogP contribution in [0.25, 0.3) is 11.4 Å². The van der Waals surface area contributed by atoms with E-state index in [-0.39, 0.29) is 5.92 Å². The summed E-state index contributed by atoms with van der Waals surface area (Å²) in [6.45, 7) is 5.60. The molecule has 3 rings (SSSR count). The van der Waals surface area contributed by atoms with E-state index < -0.39 is 17.9 Å². The molecule has 2 aromatic rings. The highest BCUT2D eigenvalue weighted by molar-refractivity contribution is 5.96. The van der Waals surface area contributed by atoms with Crippen molar-refractivity contribution in [3.8, 4) is 11.4 Å². The number of nitrogens with zero attached hydrogens (tertiary/aromatic N) is 2. The largest absolute Gasteiger partial charge is 0.480 e. The zero-order chi connectivity index (χ0) is 20.1. The molecule has 2 atom stereocenters. The molecule has 1 fully saturated rings. The van der Waals surface area contributed by atoms with E-state index in [0.29, 0.717) is 23.2 Å². The average molecular weight is 386 g/mol. The topological polar surface area (TPSA) is 117 Å². The van der Waals surface area contributed by atoms with E-state index in [0.717, 1.165) is 37.9 Å². The lowest BCUT2D eigenvalue weighted by Crippen LogP contribution is -2.38. The first-order valence-corrected chi connectivity index (χ1v) is 9.68. The van der Waals surface area contributed by atoms with Gasteiger partial charge < -0.3 is 20.3 Å². The fourth-order valence-electron chi connectivity index (χ4n) is 3.57. The fourth-order valence-corrected chi connectivity index (χ4v) is 3.57. The molecular weight excluding hydrogens is 360 g/mol. The average Bonchev–Trinajstić information content (AvgIpc) is 3.19. The number of benzene rings is 1. The first kappa shape index (κ1) is 20.0. The molecule has 0 bridgehead atoms. The molecule has 2 heterocycles. The van der Waals surface area contributed by atoms with Gasteiger partial charge in [-0.2, -0.15) is 4.98 Å². The van der Waals surface area contributed by atoms with Crippen molar-refractivity contribution >= 4 is 11.9 Å². The quantitative estimate of drug-likeness (QED) is 0.669. The molecule has 1 amide bonds. The second kappa shape index (κ2) is 8.97. The predicted octanol–water partition coefficient (Wildman–Crippen LogP) is 2.43. The van der Waals surface area contributed by atoms with Crippen molar-refractivity contribution < 1.29 is 19.2 Å². The molecule has 0 spiro atoms. The Morgan fingerprint density at radius 3 is 2.57 bits per heavy atom. The summed E-state index contributed by atoms with van der Waals surface area (Å²) in [5.74, 6) is 0.443. The number of rotatable bonds is 7. The molecule has 1 aliphatic heterocycles. The van der Waals surface area contributed by atoms with Crippen molar-refractivity contribution in [3.05, 3.63) is 35.7 Å². The summed E-state index contributed by atoms with van der Waals surface area (Å²) in [7, 11) is 0. The second-order valence-electron chi connectivity index (χ2n) is 7.17. The number of piperidine rings is 1. The lowest BCUT2D eigenvalue weighted by atomic mass is 9.83. The number of carboxylic acids is 1. The van der Waals surface area contributed by atoms with E-state index in [4.69, 9.17) is 9.63 Å². The third-order valence-corrected chi connectivity index (χ3v) is 5.27. The number of aliphatic carboxylic acids is 1. The summed E-state index contributed by atoms with van der Waals surface area (Å²) in [5, 5.41) is 18.8. The minimum absolute atomic E-state index is 0.255. The Labute approximate surface area is 163 Å². The molecule has 150 valence electrons. The van der Waals surface area contributed by atoms with Crippen molar-refractivity contribution in [2.24, 2.45) is 5.92 Å². The van der Waals surface area contributed by atoms with Crippen LogP contribution in [-0.4, -0.2) is 46.3 Å². The molecule has 8 nitrogen and oxygen atoms in total. The molecule has 8 heteroatoms. The standard InChI is InChI=1S/C20H26N4O4/c1-3-16(13-8-10-21-11-9-13)19-23-17(24-28-19)14-4-6-15(7-5-14)18(25)22-12(2)20(26)27/h4-7,12-13,16,21H,3,8-11H2,1-2H3,(H,22,25)(H,26,27). The van der Waals surface area contributed by atoms with E-state index in [1.54, 1.807) is 24.3 Å². The molecule has 1 aromatic heterocycles. The second-order valence-corrected chi connectivity index (χ2v) is 7.17. The maximum Gasteiger partial charge on any atom is 0.325 e. The third-order valence-electron chi connectivity index (χ3n) is 5.27. The van der Waals surface area contributed by atoms with E-state index in [1.807, 2.05) is 0 Å². The van der Waals surface area contributed by atoms with Gasteiger partial charge in [0.05, 0.1) is 0 Å². The number of aromatic nitrogens is 2. The molecule has 1 saturated heterocycles. The van der Waals surface area contributed by atoms with Crippen LogP contribution in [0.15, 0.2) is 28.8 Å². The van der Waals surface area contributed by atoms with Gasteiger partial charge in [0.2, 0.25) is 11.7 Å². The van der Waals surface area contributed by atoms with Gasteiger partial charge in [-0.05, 0) is 57.3 Å². The highest BCUT2D eigenvalue weighted by Crippen LogP contribution is 2.33. The van der Waals surface area contributed by atoms with E-state index in [1.165, 1.54) is 6.92 Å². The summed E-state index contributed by atoms with van der Waals surface area (Å²) in [5.41, 5.74) is 1.12. The molecule has 0 saturated carbocycles. The number of amides is 1. The Kier molecular flexibility index (Phi) is 6.41. The van der Waals surface area contributed by atoms with Crippen LogP contribution < -0.4 is 10.6 Å². The predicted molar refractivity (Wildman–Crippen MR) is 103 cm³/mol. The first-order chi connectivity index (χ1) is 13.5. The Balaban J connectivity index is 1.70. The highest BCUT2D eigenvalue weighted by atomic mass is 16.5. The van der Waals surface area contributed by atoms with Crippen molar-refractivity contribution in [2.75, 3.05) is 13.1 Å². The van der Waals surface area contributed by atoms with Crippen LogP contribution in [-0.2, 0) is 4.79 Å². The van der Waals surface area contributed by atoms with Gasteiger partial charge in [-0.25, -0.2) is 0 Å². The minimum atomic E-state index is -1.08. The van der Waals surface area contributed by atoms with Crippen molar-refractivity contribution in [1.29, 1.82) is 0 Å². The van der Waals surface area contributed by atoms with Gasteiger partial charge in [0.15, 0.2) is 0 Å². The fraction of sp³-hybridized carbons (Fsp3) is 0.500. The maximum absolute atomic E-state index is 12.1. The van der Waals surface area contributed by atoms with E-state index in [9.17, 15) is 9.59 Å². The van der Waals surface area contributed by atoms with Crippen molar-refractivity contribution in [1.82, 2.24) is 20.8 Å². The van der Waals surface area contributed by atoms with E-state index in [2.05, 4.69) is 27.7 Å². The lowest BCUT2D eigenvalue weighted by molar-refractivity contribution is -0.138. The van der Waals surface area contributed by atoms with Crippen LogP contribution in [0, 0.1) is 5.92 Å². The smallest absolute Gasteiger partial charge is 0.325 e. The third kappa shape index (κ3) is 4.56. The van der Waals surface area contributed by atoms with Crippen LogP contribution in [0.3, 0.4) is 0 Å². The molecule has 1 aliphatic rings. The number of hydrogen-bond acceptors (Lipinski definition) is 6. The van der Waals surface area contributed by atoms with E-state index >= 15 is 0 Å². The Hall–Kier alpha value is -2.74. The Morgan fingerprint density at radius 2 is 1.96 bits per heavy atom. The lowest BCUT2D eigenvalue weighted by Gasteiger charge is -2.27. The molecule has 3 N–H and O–H groups in total. The number of hydrogen-bond donors (Lipinski definition) is 3. The summed E-state index contributed by atoms with van der Waals surface area (Å²) >= 11 is 0. The number of carboxylic acid groups (broad SMARTS) is 1. The van der Waals surface area contributed by atoms with Gasteiger partial charge in [-0.1, -0.05) is 24.2 Å². The van der Waals surface area contributed by atoms with Crippen molar-refractivity contribution in [2.45, 2.75) is 45.1 Å². The summed E-state index contributed by atoms with van der Waals surface area (Å²) in [6, 6.07) is 5.77. The zero-order valence-electron chi connectivity index (χ0n) is 16.1. The maximum atomic E-state index is 12.1. The molecule has 0 aliphatic carbocycles. The van der Waals surface area contributed by atoms with Crippen LogP contribution in [0.4, 0.5) is 0 Å². The molecule has 2 unspecified atom stereocenters. The van der Waals surface area contributed by atoms with Crippen LogP contribution in [0.2, 0.25) is 0 Å². The Bertz CT molecular complexity index is 812. The molecule has 1 aromatic carbocycles. The normalized spacial score (nSPS) is 17.1. The molecule has 28 heavy (non-hydrogen) atoms. The van der Waals surface area contributed by atoms with Gasteiger partial charge >= 0.3 is 5.97 Å². The first-order valence-electron chi connectivity index (χ1n) is 9.68. The Morgan fingerprint density at radius 1 is 1.29 bits per heavy atom. The molecular formula is C20H26N4O4. The van der Waals surface area contributed by atoms with Crippen LogP contribution >= 0.6 is 0 Å². The van der Waals surface area contributed by atoms with Gasteiger partial charge in [0.25, 0.3) is 5.91 Å². The van der Waals surface area contributed by atoms with Crippen LogP contribution in [0.5, 0.6) is 0 Å². The summed E-state index contributed by atoms with van der Waals surface area (Å²) in [6.07, 6.45) is 3.16. The summed E-state index contributed by atoms with van der Waals surface area (Å²) in [4.78, 5) is 27.5. The van der Waals surface area contributed by atoms with Gasteiger partial charge in [0, 0.05) is 17.0 Å². The van der Waals surface area contributed by atoms with Gasteiger partial charge in [-0.3, -0.25) is 9.59 Å². The molecule has 0 radical (unpaired) electrons. The minimum Gasteiger partial charge on any atom is -0.480 e. The van der Waals surface area contributed by atoms with Crippen LogP contribution in [0.1, 0.15) is 55.3 Å². The SMILES string of the molecule is CCC(c1nc(-c2ccc(C(=O)NC(C)C(=O)O)cc2)no1)C1CCNCC1. The van der Waals surface area contributed by atoms with Gasteiger partial charge in [-0.15, -0.1) is 0 Å². The number of carbonyl (C=O) groups is 2. The summed E-state index contributed by atoms with van der Waals surface area (Å²) < 4.78 is 5.56. The highest BCUT2D eigenvalue weighted by Gasteiger charge is 2.28. The number of carbonyl (C=O) groups excluding carboxylic acids is 1. The number of nitrogens with one attached hydrogen (secondary N) is 2. The monoisotopic (exact) mass is 386 g/mol. The zero-order valence-corrected chi connectivity index (χ0v) is 16.1. The van der Waals surface area contributed by atoms with Crippen molar-refractivity contribution in [3.63, 3.8) is 0 Å².